The van der Waals surface area contributed by atoms with Crippen LogP contribution in [-0.2, 0) is 21.0 Å². The number of hydrogen-bond acceptors (Lipinski definition) is 4. The lowest BCUT2D eigenvalue weighted by Gasteiger charge is -2.12. The van der Waals surface area contributed by atoms with Crippen LogP contribution in [0.4, 0.5) is 18.9 Å². The van der Waals surface area contributed by atoms with Gasteiger partial charge in [-0.3, -0.25) is 4.79 Å². The lowest BCUT2D eigenvalue weighted by atomic mass is 10.2. The zero-order valence-electron chi connectivity index (χ0n) is 13.8. The first kappa shape index (κ1) is 21.2. The van der Waals surface area contributed by atoms with E-state index in [0.717, 1.165) is 12.1 Å². The third-order valence-corrected chi connectivity index (χ3v) is 5.46. The molecule has 0 aliphatic heterocycles. The largest absolute Gasteiger partial charge is 0.497 e. The van der Waals surface area contributed by atoms with E-state index >= 15 is 0 Å². The number of halogens is 4. The van der Waals surface area contributed by atoms with E-state index < -0.39 is 34.2 Å². The van der Waals surface area contributed by atoms with Gasteiger partial charge in [-0.25, -0.2) is 13.1 Å². The minimum atomic E-state index is -4.60. The van der Waals surface area contributed by atoms with Gasteiger partial charge in [-0.15, -0.1) is 0 Å². The number of alkyl halides is 3. The summed E-state index contributed by atoms with van der Waals surface area (Å²) in [7, 11) is -2.54. The average molecular weight is 467 g/mol. The first-order valence-electron chi connectivity index (χ1n) is 7.33. The summed E-state index contributed by atoms with van der Waals surface area (Å²) in [6, 6.07) is 8.62. The minimum Gasteiger partial charge on any atom is -0.497 e. The first-order chi connectivity index (χ1) is 12.5. The number of anilines is 1. The predicted octanol–water partition coefficient (Wildman–Crippen LogP) is 3.39. The van der Waals surface area contributed by atoms with Crippen molar-refractivity contribution in [1.29, 1.82) is 0 Å². The van der Waals surface area contributed by atoms with Gasteiger partial charge in [0.05, 0.1) is 24.1 Å². The zero-order valence-corrected chi connectivity index (χ0v) is 16.2. The van der Waals surface area contributed by atoms with Crippen LogP contribution in [0.5, 0.6) is 5.75 Å². The second kappa shape index (κ2) is 8.28. The highest BCUT2D eigenvalue weighted by atomic mass is 79.9. The van der Waals surface area contributed by atoms with Crippen LogP contribution >= 0.6 is 15.9 Å². The van der Waals surface area contributed by atoms with E-state index in [0.29, 0.717) is 5.75 Å². The monoisotopic (exact) mass is 466 g/mol. The molecule has 0 atom stereocenters. The molecule has 1 amide bonds. The number of nitrogens with one attached hydrogen (secondary N) is 2. The molecule has 27 heavy (non-hydrogen) atoms. The molecular weight excluding hydrogens is 453 g/mol. The Bertz CT molecular complexity index is 932. The van der Waals surface area contributed by atoms with Gasteiger partial charge in [0.1, 0.15) is 5.75 Å². The topological polar surface area (TPSA) is 84.5 Å². The molecule has 0 spiro atoms. The highest BCUT2D eigenvalue weighted by molar-refractivity contribution is 9.10. The Morgan fingerprint density at radius 3 is 2.33 bits per heavy atom. The van der Waals surface area contributed by atoms with Crippen molar-refractivity contribution in [2.24, 2.45) is 0 Å². The number of ether oxygens (including phenoxy) is 1. The summed E-state index contributed by atoms with van der Waals surface area (Å²) in [6.07, 6.45) is -4.60. The second-order valence-corrected chi connectivity index (χ2v) is 7.86. The highest BCUT2D eigenvalue weighted by Gasteiger charge is 2.33. The molecule has 2 rings (SSSR count). The van der Waals surface area contributed by atoms with Crippen LogP contribution in [0.2, 0.25) is 0 Å². The molecule has 146 valence electrons. The number of carbonyl (C=O) groups is 1. The zero-order chi connectivity index (χ0) is 20.2. The van der Waals surface area contributed by atoms with E-state index in [1.807, 2.05) is 0 Å². The third-order valence-electron chi connectivity index (χ3n) is 3.35. The van der Waals surface area contributed by atoms with Crippen LogP contribution in [0, 0.1) is 0 Å². The Morgan fingerprint density at radius 2 is 1.78 bits per heavy atom. The summed E-state index contributed by atoms with van der Waals surface area (Å²) in [5, 5.41) is 2.22. The number of benzene rings is 2. The van der Waals surface area contributed by atoms with Crippen LogP contribution < -0.4 is 14.8 Å². The Hall–Kier alpha value is -2.11. The molecule has 0 fully saturated rings. The Morgan fingerprint density at radius 1 is 1.15 bits per heavy atom. The van der Waals surface area contributed by atoms with Gasteiger partial charge in [-0.2, -0.15) is 13.2 Å². The van der Waals surface area contributed by atoms with Crippen LogP contribution in [0.3, 0.4) is 0 Å². The van der Waals surface area contributed by atoms with Crippen LogP contribution in [0.15, 0.2) is 51.8 Å². The maximum atomic E-state index is 12.9. The molecule has 2 N–H and O–H groups in total. The summed E-state index contributed by atoms with van der Waals surface area (Å²) in [6.45, 7) is -0.647. The van der Waals surface area contributed by atoms with E-state index in [-0.39, 0.29) is 15.1 Å². The van der Waals surface area contributed by atoms with Crippen molar-refractivity contribution in [3.63, 3.8) is 0 Å². The SMILES string of the molecule is COc1ccc(S(=O)(=O)NCC(=O)Nc2ccc(Br)c(C(F)(F)F)c2)cc1. The van der Waals surface area contributed by atoms with Crippen molar-refractivity contribution < 1.29 is 31.1 Å². The predicted molar refractivity (Wildman–Crippen MR) is 96.0 cm³/mol. The van der Waals surface area contributed by atoms with E-state index in [1.165, 1.54) is 37.4 Å². The number of rotatable bonds is 6. The molecule has 2 aromatic carbocycles. The fourth-order valence-electron chi connectivity index (χ4n) is 2.02. The van der Waals surface area contributed by atoms with E-state index in [9.17, 15) is 26.4 Å². The fourth-order valence-corrected chi connectivity index (χ4v) is 3.48. The normalized spacial score (nSPS) is 11.9. The van der Waals surface area contributed by atoms with Gasteiger partial charge in [0.2, 0.25) is 15.9 Å². The maximum Gasteiger partial charge on any atom is 0.417 e. The van der Waals surface area contributed by atoms with Gasteiger partial charge in [0, 0.05) is 10.2 Å². The quantitative estimate of drug-likeness (QED) is 0.683. The molecular formula is C16H14BrF3N2O4S. The average Bonchev–Trinajstić information content (AvgIpc) is 2.61. The number of amides is 1. The van der Waals surface area contributed by atoms with Crippen molar-refractivity contribution in [2.45, 2.75) is 11.1 Å². The second-order valence-electron chi connectivity index (χ2n) is 5.24. The fraction of sp³-hybridized carbons (Fsp3) is 0.188. The van der Waals surface area contributed by atoms with E-state index in [1.54, 1.807) is 0 Å². The summed E-state index contributed by atoms with van der Waals surface area (Å²) < 4.78 is 69.7. The standard InChI is InChI=1S/C16H14BrF3N2O4S/c1-26-11-3-5-12(6-4-11)27(24,25)21-9-15(23)22-10-2-7-14(17)13(8-10)16(18,19)20/h2-8,21H,9H2,1H3,(H,22,23). The molecule has 0 saturated heterocycles. The molecule has 0 aromatic heterocycles. The molecule has 6 nitrogen and oxygen atoms in total. The highest BCUT2D eigenvalue weighted by Crippen LogP contribution is 2.36. The van der Waals surface area contributed by atoms with Gasteiger partial charge < -0.3 is 10.1 Å². The lowest BCUT2D eigenvalue weighted by Crippen LogP contribution is -2.32. The molecule has 0 aliphatic carbocycles. The van der Waals surface area contributed by atoms with Gasteiger partial charge in [0.15, 0.2) is 0 Å². The van der Waals surface area contributed by atoms with Crippen LogP contribution in [0.1, 0.15) is 5.56 Å². The Labute approximate surface area is 161 Å². The molecule has 0 bridgehead atoms. The van der Waals surface area contributed by atoms with Gasteiger partial charge in [-0.05, 0) is 42.5 Å². The van der Waals surface area contributed by atoms with Crippen molar-refractivity contribution in [2.75, 3.05) is 19.0 Å². The number of hydrogen-bond donors (Lipinski definition) is 2. The smallest absolute Gasteiger partial charge is 0.417 e. The summed E-state index contributed by atoms with van der Waals surface area (Å²) in [5.41, 5.74) is -1.07. The molecule has 0 aliphatic rings. The maximum absolute atomic E-state index is 12.9. The molecule has 0 saturated carbocycles. The van der Waals surface area contributed by atoms with E-state index in [2.05, 4.69) is 26.0 Å². The minimum absolute atomic E-state index is 0.0842. The third kappa shape index (κ3) is 5.68. The number of carbonyl (C=O) groups excluding carboxylic acids is 1. The summed E-state index contributed by atoms with van der Waals surface area (Å²) in [4.78, 5) is 11.8. The van der Waals surface area contributed by atoms with Crippen molar-refractivity contribution >= 4 is 37.5 Å². The van der Waals surface area contributed by atoms with Gasteiger partial charge in [0.25, 0.3) is 0 Å². The van der Waals surface area contributed by atoms with Crippen molar-refractivity contribution in [3.8, 4) is 5.75 Å². The van der Waals surface area contributed by atoms with Crippen LogP contribution in [-0.4, -0.2) is 28.0 Å². The molecule has 0 radical (unpaired) electrons. The van der Waals surface area contributed by atoms with Gasteiger partial charge >= 0.3 is 6.18 Å². The number of sulfonamides is 1. The summed E-state index contributed by atoms with van der Waals surface area (Å²) in [5.74, 6) is -0.357. The number of methoxy groups -OCH3 is 1. The van der Waals surface area contributed by atoms with E-state index in [4.69, 9.17) is 4.74 Å². The van der Waals surface area contributed by atoms with Crippen molar-refractivity contribution in [3.05, 3.63) is 52.5 Å². The lowest BCUT2D eigenvalue weighted by molar-refractivity contribution is -0.138. The van der Waals surface area contributed by atoms with Crippen molar-refractivity contribution in [1.82, 2.24) is 4.72 Å². The Kier molecular flexibility index (Phi) is 6.50. The molecule has 0 unspecified atom stereocenters. The first-order valence-corrected chi connectivity index (χ1v) is 9.61. The Balaban J connectivity index is 2.03. The molecule has 11 heteroatoms. The van der Waals surface area contributed by atoms with Crippen LogP contribution in [0.25, 0.3) is 0 Å². The molecule has 2 aromatic rings. The van der Waals surface area contributed by atoms with Gasteiger partial charge in [-0.1, -0.05) is 15.9 Å². The molecule has 0 heterocycles. The summed E-state index contributed by atoms with van der Waals surface area (Å²) >= 11 is 2.79.